The van der Waals surface area contributed by atoms with Crippen LogP contribution >= 0.6 is 0 Å². The number of benzene rings is 1. The standard InChI is InChI=1S/C16H25F2NO/c1-12(9-19-16(2,3)4)14-7-5-13(6-8-14)10-20-11-15(17)18/h5-8,12,15,19H,9-11H2,1-4H3. The zero-order chi connectivity index (χ0) is 15.2. The number of alkyl halides is 2. The average molecular weight is 285 g/mol. The Labute approximate surface area is 120 Å². The van der Waals surface area contributed by atoms with Crippen LogP contribution in [0.15, 0.2) is 24.3 Å². The molecular formula is C16H25F2NO. The van der Waals surface area contributed by atoms with Crippen molar-refractivity contribution in [2.45, 2.75) is 52.2 Å². The molecule has 0 saturated heterocycles. The highest BCUT2D eigenvalue weighted by atomic mass is 19.3. The van der Waals surface area contributed by atoms with Crippen molar-refractivity contribution in [2.75, 3.05) is 13.2 Å². The molecule has 0 bridgehead atoms. The summed E-state index contributed by atoms with van der Waals surface area (Å²) in [4.78, 5) is 0. The summed E-state index contributed by atoms with van der Waals surface area (Å²) in [6, 6.07) is 7.95. The zero-order valence-corrected chi connectivity index (χ0v) is 12.7. The fourth-order valence-electron chi connectivity index (χ4n) is 1.79. The summed E-state index contributed by atoms with van der Waals surface area (Å²) in [7, 11) is 0. The van der Waals surface area contributed by atoms with Crippen LogP contribution in [-0.4, -0.2) is 25.1 Å². The van der Waals surface area contributed by atoms with E-state index in [0.717, 1.165) is 12.1 Å². The molecule has 1 aromatic carbocycles. The molecule has 4 heteroatoms. The lowest BCUT2D eigenvalue weighted by Gasteiger charge is -2.23. The van der Waals surface area contributed by atoms with E-state index in [1.807, 2.05) is 24.3 Å². The van der Waals surface area contributed by atoms with Crippen LogP contribution in [0.3, 0.4) is 0 Å². The molecule has 0 aromatic heterocycles. The van der Waals surface area contributed by atoms with E-state index < -0.39 is 13.0 Å². The topological polar surface area (TPSA) is 21.3 Å². The number of nitrogens with one attached hydrogen (secondary N) is 1. The minimum Gasteiger partial charge on any atom is -0.371 e. The molecule has 1 unspecified atom stereocenters. The molecule has 1 aromatic rings. The quantitative estimate of drug-likeness (QED) is 0.818. The second-order valence-electron chi connectivity index (χ2n) is 6.18. The molecule has 0 fully saturated rings. The first-order chi connectivity index (χ1) is 9.28. The fraction of sp³-hybridized carbons (Fsp3) is 0.625. The van der Waals surface area contributed by atoms with Gasteiger partial charge in [-0.15, -0.1) is 0 Å². The van der Waals surface area contributed by atoms with Crippen molar-refractivity contribution in [3.63, 3.8) is 0 Å². The SMILES string of the molecule is CC(CNC(C)(C)C)c1ccc(COCC(F)F)cc1. The Morgan fingerprint density at radius 3 is 2.25 bits per heavy atom. The molecule has 0 spiro atoms. The van der Waals surface area contributed by atoms with Gasteiger partial charge in [0.15, 0.2) is 0 Å². The highest BCUT2D eigenvalue weighted by Crippen LogP contribution is 2.16. The lowest BCUT2D eigenvalue weighted by molar-refractivity contribution is 0.00987. The molecule has 2 nitrogen and oxygen atoms in total. The van der Waals surface area contributed by atoms with E-state index in [1.165, 1.54) is 5.56 Å². The van der Waals surface area contributed by atoms with Crippen molar-refractivity contribution in [2.24, 2.45) is 0 Å². The molecular weight excluding hydrogens is 260 g/mol. The molecule has 20 heavy (non-hydrogen) atoms. The third kappa shape index (κ3) is 6.96. The van der Waals surface area contributed by atoms with Crippen molar-refractivity contribution in [1.29, 1.82) is 0 Å². The van der Waals surface area contributed by atoms with E-state index in [0.29, 0.717) is 5.92 Å². The summed E-state index contributed by atoms with van der Waals surface area (Å²) in [5.74, 6) is 0.408. The Bertz CT molecular complexity index is 384. The Balaban J connectivity index is 2.45. The van der Waals surface area contributed by atoms with Crippen molar-refractivity contribution in [1.82, 2.24) is 5.32 Å². The van der Waals surface area contributed by atoms with E-state index in [9.17, 15) is 8.78 Å². The number of hydrogen-bond acceptors (Lipinski definition) is 2. The first-order valence-corrected chi connectivity index (χ1v) is 6.97. The van der Waals surface area contributed by atoms with E-state index in [2.05, 4.69) is 33.0 Å². The largest absolute Gasteiger partial charge is 0.371 e. The van der Waals surface area contributed by atoms with Crippen molar-refractivity contribution < 1.29 is 13.5 Å². The first-order valence-electron chi connectivity index (χ1n) is 6.97. The van der Waals surface area contributed by atoms with Gasteiger partial charge in [-0.1, -0.05) is 31.2 Å². The molecule has 1 N–H and O–H groups in total. The van der Waals surface area contributed by atoms with Gasteiger partial charge in [0.05, 0.1) is 6.61 Å². The Hall–Kier alpha value is -1.00. The second-order valence-corrected chi connectivity index (χ2v) is 6.18. The van der Waals surface area contributed by atoms with Crippen LogP contribution in [0.5, 0.6) is 0 Å². The third-order valence-electron chi connectivity index (χ3n) is 3.00. The first kappa shape index (κ1) is 17.1. The zero-order valence-electron chi connectivity index (χ0n) is 12.7. The third-order valence-corrected chi connectivity index (χ3v) is 3.00. The Morgan fingerprint density at radius 2 is 1.75 bits per heavy atom. The summed E-state index contributed by atoms with van der Waals surface area (Å²) in [5.41, 5.74) is 2.27. The molecule has 1 rings (SSSR count). The summed E-state index contributed by atoms with van der Waals surface area (Å²) in [6.07, 6.45) is -2.40. The lowest BCUT2D eigenvalue weighted by atomic mass is 9.98. The molecule has 0 saturated carbocycles. The van der Waals surface area contributed by atoms with Gasteiger partial charge in [0, 0.05) is 12.1 Å². The summed E-state index contributed by atoms with van der Waals surface area (Å²) in [6.45, 7) is 9.23. The highest BCUT2D eigenvalue weighted by molar-refractivity contribution is 5.25. The van der Waals surface area contributed by atoms with Crippen LogP contribution in [0, 0.1) is 0 Å². The Morgan fingerprint density at radius 1 is 1.15 bits per heavy atom. The smallest absolute Gasteiger partial charge is 0.261 e. The predicted molar refractivity (Wildman–Crippen MR) is 78.3 cm³/mol. The molecule has 0 amide bonds. The normalized spacial score (nSPS) is 13.8. The lowest BCUT2D eigenvalue weighted by Crippen LogP contribution is -2.38. The average Bonchev–Trinajstić information content (AvgIpc) is 2.35. The van der Waals surface area contributed by atoms with Crippen LogP contribution in [0.1, 0.15) is 44.7 Å². The minimum absolute atomic E-state index is 0.108. The maximum atomic E-state index is 12.0. The predicted octanol–water partition coefficient (Wildman–Crippen LogP) is 3.96. The minimum atomic E-state index is -2.40. The summed E-state index contributed by atoms with van der Waals surface area (Å²) < 4.78 is 28.8. The molecule has 1 atom stereocenters. The van der Waals surface area contributed by atoms with Crippen LogP contribution in [0.4, 0.5) is 8.78 Å². The van der Waals surface area contributed by atoms with Gasteiger partial charge in [-0.25, -0.2) is 8.78 Å². The van der Waals surface area contributed by atoms with Crippen LogP contribution in [0.25, 0.3) is 0 Å². The van der Waals surface area contributed by atoms with Gasteiger partial charge in [0.2, 0.25) is 0 Å². The number of halogens is 2. The number of rotatable bonds is 7. The van der Waals surface area contributed by atoms with Gasteiger partial charge in [-0.05, 0) is 37.8 Å². The van der Waals surface area contributed by atoms with E-state index in [1.54, 1.807) is 0 Å². The van der Waals surface area contributed by atoms with Gasteiger partial charge < -0.3 is 10.1 Å². The molecule has 0 aliphatic heterocycles. The van der Waals surface area contributed by atoms with E-state index >= 15 is 0 Å². The van der Waals surface area contributed by atoms with Crippen molar-refractivity contribution >= 4 is 0 Å². The van der Waals surface area contributed by atoms with Gasteiger partial charge in [-0.2, -0.15) is 0 Å². The molecule has 0 aliphatic rings. The van der Waals surface area contributed by atoms with Gasteiger partial charge in [0.25, 0.3) is 6.43 Å². The molecule has 0 aliphatic carbocycles. The van der Waals surface area contributed by atoms with Gasteiger partial charge >= 0.3 is 0 Å². The maximum absolute atomic E-state index is 12.0. The van der Waals surface area contributed by atoms with E-state index in [4.69, 9.17) is 4.74 Å². The van der Waals surface area contributed by atoms with E-state index in [-0.39, 0.29) is 12.1 Å². The van der Waals surface area contributed by atoms with Crippen LogP contribution in [-0.2, 0) is 11.3 Å². The van der Waals surface area contributed by atoms with Crippen LogP contribution < -0.4 is 5.32 Å². The van der Waals surface area contributed by atoms with Crippen molar-refractivity contribution in [3.8, 4) is 0 Å². The molecule has 114 valence electrons. The number of ether oxygens (including phenoxy) is 1. The monoisotopic (exact) mass is 285 g/mol. The number of hydrogen-bond donors (Lipinski definition) is 1. The van der Waals surface area contributed by atoms with Gasteiger partial charge in [0.1, 0.15) is 6.61 Å². The fourth-order valence-corrected chi connectivity index (χ4v) is 1.79. The summed E-state index contributed by atoms with van der Waals surface area (Å²) >= 11 is 0. The second kappa shape index (κ2) is 7.70. The Kier molecular flexibility index (Phi) is 6.56. The molecule has 0 heterocycles. The van der Waals surface area contributed by atoms with Crippen molar-refractivity contribution in [3.05, 3.63) is 35.4 Å². The summed E-state index contributed by atoms with van der Waals surface area (Å²) in [5, 5.41) is 3.47. The highest BCUT2D eigenvalue weighted by Gasteiger charge is 2.12. The molecule has 0 radical (unpaired) electrons. The van der Waals surface area contributed by atoms with Gasteiger partial charge in [-0.3, -0.25) is 0 Å². The maximum Gasteiger partial charge on any atom is 0.261 e. The van der Waals surface area contributed by atoms with Crippen LogP contribution in [0.2, 0.25) is 0 Å².